The Balaban J connectivity index is 0.0000106. The number of rotatable bonds is 30. The third-order valence-corrected chi connectivity index (χ3v) is 10.9. The molecule has 382 valence electrons. The number of aromatic amines is 1. The van der Waals surface area contributed by atoms with Crippen molar-refractivity contribution in [1.82, 2.24) is 36.1 Å². The van der Waals surface area contributed by atoms with E-state index in [1.54, 1.807) is 0 Å². The number of aliphatic hydroxyl groups excluding tert-OH is 1. The van der Waals surface area contributed by atoms with Crippen LogP contribution in [0.4, 0.5) is 0 Å². The van der Waals surface area contributed by atoms with E-state index in [2.05, 4.69) is 49.1 Å². The third kappa shape index (κ3) is 29.6. The Labute approximate surface area is 397 Å². The lowest BCUT2D eigenvalue weighted by molar-refractivity contribution is -0.141. The zero-order valence-electron chi connectivity index (χ0n) is 40.0. The van der Waals surface area contributed by atoms with E-state index < -0.39 is 73.6 Å². The molecule has 1 heterocycles. The molecular formula is C46H81N8O12P. The molecule has 10 N–H and O–H groups in total. The second-order valence-electron chi connectivity index (χ2n) is 18.4. The minimum absolute atomic E-state index is 0. The number of amides is 6. The van der Waals surface area contributed by atoms with Crippen molar-refractivity contribution in [2.45, 2.75) is 144 Å². The average molecular weight is 969 g/mol. The molecule has 0 aliphatic heterocycles. The van der Waals surface area contributed by atoms with E-state index in [1.165, 1.54) is 29.9 Å². The molecule has 0 fully saturated rings. The van der Waals surface area contributed by atoms with Gasteiger partial charge in [0.05, 0.1) is 56.5 Å². The monoisotopic (exact) mass is 969 g/mol. The summed E-state index contributed by atoms with van der Waals surface area (Å²) in [5.41, 5.74) is 4.88. The second-order valence-corrected chi connectivity index (χ2v) is 20.1. The van der Waals surface area contributed by atoms with E-state index in [9.17, 15) is 43.4 Å². The minimum Gasteiger partial charge on any atom is -0.394 e. The fourth-order valence-corrected chi connectivity index (χ4v) is 7.42. The fourth-order valence-electron chi connectivity index (χ4n) is 6.48. The number of primary amides is 1. The number of H-pyrrole nitrogens is 1. The molecule has 0 unspecified atom stereocenters. The van der Waals surface area contributed by atoms with Crippen LogP contribution in [0.5, 0.6) is 0 Å². The summed E-state index contributed by atoms with van der Waals surface area (Å²) in [6, 6.07) is 6.36. The first-order chi connectivity index (χ1) is 30.9. The van der Waals surface area contributed by atoms with Gasteiger partial charge in [-0.05, 0) is 77.7 Å². The van der Waals surface area contributed by atoms with Gasteiger partial charge in [-0.15, -0.1) is 0 Å². The number of aliphatic hydroxyl groups is 1. The molecule has 0 aliphatic rings. The highest BCUT2D eigenvalue weighted by atomic mass is 31.2. The van der Waals surface area contributed by atoms with Gasteiger partial charge in [0.15, 0.2) is 0 Å². The van der Waals surface area contributed by atoms with E-state index >= 15 is 0 Å². The van der Waals surface area contributed by atoms with E-state index in [0.717, 1.165) is 25.7 Å². The maximum atomic E-state index is 14.0. The smallest absolute Gasteiger partial charge is 0.325 e. The number of nitrogens with one attached hydrogen (secondary N) is 5. The Morgan fingerprint density at radius 3 is 2.07 bits per heavy atom. The molecule has 67 heavy (non-hydrogen) atoms. The van der Waals surface area contributed by atoms with Crippen LogP contribution in [-0.2, 0) is 55.6 Å². The molecule has 2 rings (SSSR count). The van der Waals surface area contributed by atoms with Crippen LogP contribution in [0.15, 0.2) is 42.9 Å². The van der Waals surface area contributed by atoms with Gasteiger partial charge in [-0.25, -0.2) is 4.98 Å². The van der Waals surface area contributed by atoms with Gasteiger partial charge >= 0.3 is 7.60 Å². The van der Waals surface area contributed by atoms with E-state index in [0.29, 0.717) is 25.3 Å². The van der Waals surface area contributed by atoms with Crippen molar-refractivity contribution in [1.29, 1.82) is 0 Å². The van der Waals surface area contributed by atoms with Crippen LogP contribution in [-0.4, -0.2) is 141 Å². The van der Waals surface area contributed by atoms with E-state index in [-0.39, 0.29) is 70.2 Å². The predicted molar refractivity (Wildman–Crippen MR) is 256 cm³/mol. The summed E-state index contributed by atoms with van der Waals surface area (Å²) in [4.78, 5) is 103. The number of unbranched alkanes of at least 4 members (excludes halogenated alkanes) is 3. The van der Waals surface area contributed by atoms with Crippen LogP contribution < -0.4 is 27.0 Å². The quantitative estimate of drug-likeness (QED) is 0.0310. The Bertz CT molecular complexity index is 1790. The number of nitrogens with two attached hydrogens (primary N) is 1. The molecule has 0 bridgehead atoms. The molecule has 0 saturated heterocycles. The Hall–Kier alpha value is -4.72. The highest BCUT2D eigenvalue weighted by molar-refractivity contribution is 7.51. The molecular weight excluding hydrogens is 888 g/mol. The van der Waals surface area contributed by atoms with E-state index in [1.807, 2.05) is 66.7 Å². The molecule has 1 aromatic carbocycles. The lowest BCUT2D eigenvalue weighted by Crippen LogP contribution is -2.58. The van der Waals surface area contributed by atoms with E-state index in [4.69, 9.17) is 14.3 Å². The molecule has 20 nitrogen and oxygen atoms in total. The maximum absolute atomic E-state index is 14.0. The second kappa shape index (κ2) is 32.1. The summed E-state index contributed by atoms with van der Waals surface area (Å²) in [7, 11) is -4.33. The summed E-state index contributed by atoms with van der Waals surface area (Å²) in [6.07, 6.45) is 7.15. The fraction of sp³-hybridized carbons (Fsp3) is 0.674. The third-order valence-electron chi connectivity index (χ3n) is 9.80. The number of benzene rings is 1. The molecule has 6 amide bonds. The largest absolute Gasteiger partial charge is 0.394 e. The maximum Gasteiger partial charge on any atom is 0.325 e. The number of carbonyl (C=O) groups excluding carboxylic acids is 6. The summed E-state index contributed by atoms with van der Waals surface area (Å²) >= 11 is 0. The Kier molecular flexibility index (Phi) is 29.8. The van der Waals surface area contributed by atoms with Crippen LogP contribution in [0.3, 0.4) is 0 Å². The first-order valence-electron chi connectivity index (χ1n) is 22.4. The molecule has 2 aromatic rings. The van der Waals surface area contributed by atoms with Gasteiger partial charge in [0, 0.05) is 31.4 Å². The number of nitrogens with zero attached hydrogens (tertiary/aromatic N) is 2. The highest BCUT2D eigenvalue weighted by Gasteiger charge is 2.32. The zero-order valence-corrected chi connectivity index (χ0v) is 40.9. The van der Waals surface area contributed by atoms with Crippen molar-refractivity contribution in [3.05, 3.63) is 54.1 Å². The van der Waals surface area contributed by atoms with Crippen LogP contribution in [0.2, 0.25) is 0 Å². The van der Waals surface area contributed by atoms with Gasteiger partial charge in [-0.1, -0.05) is 71.4 Å². The van der Waals surface area contributed by atoms with Crippen molar-refractivity contribution in [3.8, 4) is 0 Å². The van der Waals surface area contributed by atoms with Crippen molar-refractivity contribution in [2.24, 2.45) is 17.6 Å². The van der Waals surface area contributed by atoms with Gasteiger partial charge in [-0.2, -0.15) is 0 Å². The van der Waals surface area contributed by atoms with Gasteiger partial charge in [0.2, 0.25) is 35.9 Å². The first kappa shape index (κ1) is 62.3. The van der Waals surface area contributed by atoms with Crippen LogP contribution in [0.1, 0.15) is 113 Å². The molecule has 0 spiro atoms. The summed E-state index contributed by atoms with van der Waals surface area (Å²) < 4.78 is 23.3. The van der Waals surface area contributed by atoms with Crippen LogP contribution >= 0.6 is 7.60 Å². The summed E-state index contributed by atoms with van der Waals surface area (Å²) in [5, 5.41) is 20.4. The molecule has 4 atom stereocenters. The first-order valence-corrected chi connectivity index (χ1v) is 24.2. The van der Waals surface area contributed by atoms with Crippen LogP contribution in [0.25, 0.3) is 0 Å². The normalized spacial score (nSPS) is 13.4. The molecule has 1 aromatic heterocycles. The number of carbonyl (C=O) groups is 6. The van der Waals surface area contributed by atoms with Crippen molar-refractivity contribution in [3.63, 3.8) is 0 Å². The SMILES string of the molecule is C.CC(C)C[C@H](NC(=O)CN(CCCCCCc1ccccc1)C(=O)CCOC(C)(C)COC(C)(C)C)C(=O)N[C@@H](Cc1cnc[nH]1)C(=O)N[C@@H](CO)C(=O)NC[C@@H](C)CP(=O)(O)O.NC=O. The van der Waals surface area contributed by atoms with Crippen LogP contribution in [0, 0.1) is 11.8 Å². The minimum atomic E-state index is -4.33. The van der Waals surface area contributed by atoms with Gasteiger partial charge in [0.25, 0.3) is 0 Å². The zero-order chi connectivity index (χ0) is 49.9. The number of aromatic nitrogens is 2. The summed E-state index contributed by atoms with van der Waals surface area (Å²) in [5.74, 6) is -3.81. The number of ether oxygens (including phenoxy) is 2. The Morgan fingerprint density at radius 1 is 0.896 bits per heavy atom. The standard InChI is InChI=1S/C44H74N7O11P.CH3NO.CH4/c1-31(2)22-35(41(56)49-36(23-34-25-45-30-47-34)42(57)50-37(27-52)40(55)46-24-32(3)28-63(58,59)60)48-38(53)26-51(20-15-10-9-12-16-33-17-13-11-14-18-33)39(54)19-21-61-44(7,8)29-62-43(4,5)6;2-1-3;/h11,13-14,17-18,25,30-32,35-37,52H,9-10,12,15-16,19-24,26-29H2,1-8H3,(H,45,47)(H,46,55)(H,48,53)(H,49,56)(H,50,57)(H2,58,59,60);1H,(H2,2,3);1H4/t32-,35+,36+,37+;;/m1../s1. The topological polar surface area (TPSA) is 305 Å². The number of imidazole rings is 1. The van der Waals surface area contributed by atoms with Crippen molar-refractivity contribution < 1.29 is 57.7 Å². The highest BCUT2D eigenvalue weighted by Crippen LogP contribution is 2.36. The molecule has 0 saturated carbocycles. The number of aryl methyl sites for hydroxylation is 1. The molecule has 0 aliphatic carbocycles. The van der Waals surface area contributed by atoms with Crippen molar-refractivity contribution in [2.75, 3.05) is 45.6 Å². The predicted octanol–water partition coefficient (Wildman–Crippen LogP) is 2.74. The number of hydrogen-bond acceptors (Lipinski definition) is 11. The van der Waals surface area contributed by atoms with Gasteiger partial charge in [-0.3, -0.25) is 33.3 Å². The lowest BCUT2D eigenvalue weighted by Gasteiger charge is -2.30. The van der Waals surface area contributed by atoms with Gasteiger partial charge in [0.1, 0.15) is 18.1 Å². The average Bonchev–Trinajstić information content (AvgIpc) is 3.74. The van der Waals surface area contributed by atoms with Crippen molar-refractivity contribution >= 4 is 43.5 Å². The molecule has 21 heteroatoms. The number of hydrogen-bond donors (Lipinski definition) is 9. The lowest BCUT2D eigenvalue weighted by atomic mass is 10.0. The summed E-state index contributed by atoms with van der Waals surface area (Å²) in [6.45, 7) is 14.4. The Morgan fingerprint density at radius 2 is 1.51 bits per heavy atom. The molecule has 0 radical (unpaired) electrons. The van der Waals surface area contributed by atoms with Gasteiger partial charge < -0.3 is 61.3 Å².